The molecule has 0 unspecified atom stereocenters. The Morgan fingerprint density at radius 2 is 2.08 bits per heavy atom. The van der Waals surface area contributed by atoms with Crippen molar-refractivity contribution in [1.29, 1.82) is 0 Å². The summed E-state index contributed by atoms with van der Waals surface area (Å²) in [7, 11) is 1.76. The van der Waals surface area contributed by atoms with E-state index in [0.717, 1.165) is 25.7 Å². The first-order valence-corrected chi connectivity index (χ1v) is 8.01. The molecule has 0 spiro atoms. The number of rotatable bonds is 4. The van der Waals surface area contributed by atoms with E-state index in [9.17, 15) is 19.7 Å². The number of nitrogens with zero attached hydrogens (tertiary/aromatic N) is 3. The minimum atomic E-state index is -0.684. The number of nitro groups is 1. The normalized spacial score (nSPS) is 15.5. The van der Waals surface area contributed by atoms with Crippen molar-refractivity contribution in [3.63, 3.8) is 0 Å². The van der Waals surface area contributed by atoms with Crippen molar-refractivity contribution >= 4 is 22.7 Å². The summed E-state index contributed by atoms with van der Waals surface area (Å²) < 4.78 is 6.27. The van der Waals surface area contributed by atoms with Crippen LogP contribution in [0.5, 0.6) is 0 Å². The summed E-state index contributed by atoms with van der Waals surface area (Å²) in [6, 6.07) is 4.14. The molecule has 0 atom stereocenters. The Hall–Kier alpha value is -2.64. The van der Waals surface area contributed by atoms with E-state index in [2.05, 4.69) is 0 Å². The number of benzene rings is 1. The van der Waals surface area contributed by atoms with Crippen LogP contribution in [0.25, 0.3) is 11.1 Å². The van der Waals surface area contributed by atoms with Gasteiger partial charge in [0.2, 0.25) is 5.91 Å². The fraction of sp³-hybridized carbons (Fsp3) is 0.500. The standard InChI is InChI=1S/C16H19N3O5/c1-17(11-5-3-2-4-6-11)15(20)10-18-13-8-7-12(19(22)23)9-14(13)24-16(18)21/h7-9,11H,2-6,10H2,1H3. The maximum Gasteiger partial charge on any atom is 0.420 e. The lowest BCUT2D eigenvalue weighted by Gasteiger charge is -2.31. The molecule has 3 rings (SSSR count). The molecule has 1 aromatic carbocycles. The molecule has 0 aliphatic heterocycles. The van der Waals surface area contributed by atoms with E-state index in [1.165, 1.54) is 29.2 Å². The number of aromatic nitrogens is 1. The Bertz CT molecular complexity index is 832. The number of hydrogen-bond donors (Lipinski definition) is 0. The third kappa shape index (κ3) is 3.04. The molecule has 1 heterocycles. The SMILES string of the molecule is CN(C(=O)Cn1c(=O)oc2cc([N+](=O)[O-])ccc21)C1CCCCC1. The van der Waals surface area contributed by atoms with Crippen LogP contribution in [0, 0.1) is 10.1 Å². The predicted molar refractivity (Wildman–Crippen MR) is 86.8 cm³/mol. The van der Waals surface area contributed by atoms with Crippen molar-refractivity contribution in [3.05, 3.63) is 38.9 Å². The monoisotopic (exact) mass is 333 g/mol. The van der Waals surface area contributed by atoms with Crippen molar-refractivity contribution in [1.82, 2.24) is 9.47 Å². The third-order valence-corrected chi connectivity index (χ3v) is 4.67. The Morgan fingerprint density at radius 3 is 2.75 bits per heavy atom. The maximum atomic E-state index is 12.5. The van der Waals surface area contributed by atoms with Gasteiger partial charge in [0, 0.05) is 19.2 Å². The largest absolute Gasteiger partial charge is 0.420 e. The predicted octanol–water partition coefficient (Wildman–Crippen LogP) is 2.29. The Kier molecular flexibility index (Phi) is 4.37. The molecule has 1 aliphatic rings. The number of amides is 1. The highest BCUT2D eigenvalue weighted by molar-refractivity contribution is 5.80. The average molecular weight is 333 g/mol. The lowest BCUT2D eigenvalue weighted by atomic mass is 9.94. The smallest absolute Gasteiger partial charge is 0.407 e. The van der Waals surface area contributed by atoms with E-state index in [1.807, 2.05) is 0 Å². The number of oxazole rings is 1. The number of carbonyl (C=O) groups excluding carboxylic acids is 1. The molecule has 0 bridgehead atoms. The second kappa shape index (κ2) is 6.46. The minimum Gasteiger partial charge on any atom is -0.407 e. The van der Waals surface area contributed by atoms with Crippen molar-refractivity contribution < 1.29 is 14.1 Å². The molecule has 24 heavy (non-hydrogen) atoms. The van der Waals surface area contributed by atoms with Crippen LogP contribution in [0.3, 0.4) is 0 Å². The first-order chi connectivity index (χ1) is 11.5. The lowest BCUT2D eigenvalue weighted by Crippen LogP contribution is -2.41. The molecular weight excluding hydrogens is 314 g/mol. The number of nitro benzene ring substituents is 1. The lowest BCUT2D eigenvalue weighted by molar-refractivity contribution is -0.384. The molecule has 8 heteroatoms. The molecule has 8 nitrogen and oxygen atoms in total. The summed E-state index contributed by atoms with van der Waals surface area (Å²) in [5, 5.41) is 10.8. The quantitative estimate of drug-likeness (QED) is 0.631. The van der Waals surface area contributed by atoms with Crippen LogP contribution in [-0.2, 0) is 11.3 Å². The van der Waals surface area contributed by atoms with E-state index < -0.39 is 10.7 Å². The number of fused-ring (bicyclic) bond motifs is 1. The van der Waals surface area contributed by atoms with Crippen molar-refractivity contribution in [3.8, 4) is 0 Å². The summed E-state index contributed by atoms with van der Waals surface area (Å²) in [5.41, 5.74) is 0.340. The van der Waals surface area contributed by atoms with Gasteiger partial charge in [0.05, 0.1) is 16.5 Å². The molecule has 128 valence electrons. The topological polar surface area (TPSA) is 98.6 Å². The van der Waals surface area contributed by atoms with Crippen molar-refractivity contribution in [2.45, 2.75) is 44.7 Å². The van der Waals surface area contributed by atoms with E-state index in [0.29, 0.717) is 5.52 Å². The van der Waals surface area contributed by atoms with E-state index in [-0.39, 0.29) is 29.8 Å². The molecule has 1 saturated carbocycles. The summed E-state index contributed by atoms with van der Waals surface area (Å²) in [4.78, 5) is 36.5. The van der Waals surface area contributed by atoms with Crippen LogP contribution in [0.15, 0.2) is 27.4 Å². The zero-order chi connectivity index (χ0) is 17.3. The van der Waals surface area contributed by atoms with E-state index in [1.54, 1.807) is 11.9 Å². The molecule has 1 aromatic heterocycles. The van der Waals surface area contributed by atoms with E-state index in [4.69, 9.17) is 4.42 Å². The minimum absolute atomic E-state index is 0.113. The van der Waals surface area contributed by atoms with Gasteiger partial charge >= 0.3 is 5.76 Å². The molecular formula is C16H19N3O5. The molecule has 1 fully saturated rings. The highest BCUT2D eigenvalue weighted by Gasteiger charge is 2.24. The summed E-state index contributed by atoms with van der Waals surface area (Å²) in [5.74, 6) is -0.846. The number of non-ortho nitro benzene ring substituents is 1. The van der Waals surface area contributed by atoms with Gasteiger partial charge in [-0.15, -0.1) is 0 Å². The van der Waals surface area contributed by atoms with Crippen molar-refractivity contribution in [2.24, 2.45) is 0 Å². The van der Waals surface area contributed by atoms with Crippen LogP contribution in [0.1, 0.15) is 32.1 Å². The summed E-state index contributed by atoms with van der Waals surface area (Å²) in [6.45, 7) is -0.128. The maximum absolute atomic E-state index is 12.5. The molecule has 2 aromatic rings. The van der Waals surface area contributed by atoms with Crippen molar-refractivity contribution in [2.75, 3.05) is 7.05 Å². The highest BCUT2D eigenvalue weighted by atomic mass is 16.6. The fourth-order valence-electron chi connectivity index (χ4n) is 3.24. The highest BCUT2D eigenvalue weighted by Crippen LogP contribution is 2.23. The molecule has 0 radical (unpaired) electrons. The summed E-state index contributed by atoms with van der Waals surface area (Å²) >= 11 is 0. The van der Waals surface area contributed by atoms with Gasteiger partial charge in [-0.2, -0.15) is 0 Å². The van der Waals surface area contributed by atoms with Gasteiger partial charge in [-0.3, -0.25) is 19.5 Å². The van der Waals surface area contributed by atoms with Crippen LogP contribution in [0.4, 0.5) is 5.69 Å². The van der Waals surface area contributed by atoms with Crippen LogP contribution < -0.4 is 5.76 Å². The van der Waals surface area contributed by atoms with Gasteiger partial charge in [0.25, 0.3) is 5.69 Å². The third-order valence-electron chi connectivity index (χ3n) is 4.67. The molecule has 1 aliphatic carbocycles. The second-order valence-corrected chi connectivity index (χ2v) is 6.16. The van der Waals surface area contributed by atoms with Crippen LogP contribution in [-0.4, -0.2) is 33.4 Å². The van der Waals surface area contributed by atoms with Gasteiger partial charge in [-0.25, -0.2) is 4.79 Å². The first kappa shape index (κ1) is 16.2. The second-order valence-electron chi connectivity index (χ2n) is 6.16. The number of hydrogen-bond acceptors (Lipinski definition) is 5. The number of likely N-dealkylation sites (N-methyl/N-ethyl adjacent to an activating group) is 1. The van der Waals surface area contributed by atoms with Gasteiger partial charge in [-0.05, 0) is 18.9 Å². The molecule has 1 amide bonds. The molecule has 0 N–H and O–H groups in total. The zero-order valence-corrected chi connectivity index (χ0v) is 13.4. The Morgan fingerprint density at radius 1 is 1.38 bits per heavy atom. The fourth-order valence-corrected chi connectivity index (χ4v) is 3.24. The zero-order valence-electron chi connectivity index (χ0n) is 13.4. The average Bonchev–Trinajstić information content (AvgIpc) is 2.89. The van der Waals surface area contributed by atoms with Crippen LogP contribution in [0.2, 0.25) is 0 Å². The Balaban J connectivity index is 1.84. The summed E-state index contributed by atoms with van der Waals surface area (Å²) in [6.07, 6.45) is 5.38. The Labute approximate surface area is 137 Å². The van der Waals surface area contributed by atoms with Gasteiger partial charge in [-0.1, -0.05) is 19.3 Å². The van der Waals surface area contributed by atoms with Gasteiger partial charge < -0.3 is 9.32 Å². The van der Waals surface area contributed by atoms with Gasteiger partial charge in [0.15, 0.2) is 5.58 Å². The van der Waals surface area contributed by atoms with E-state index >= 15 is 0 Å². The molecule has 0 saturated heterocycles. The van der Waals surface area contributed by atoms with Gasteiger partial charge in [0.1, 0.15) is 6.54 Å². The van der Waals surface area contributed by atoms with Crippen LogP contribution >= 0.6 is 0 Å². The first-order valence-electron chi connectivity index (χ1n) is 8.01. The number of carbonyl (C=O) groups is 1.